The molecule has 2 N–H and O–H groups in total. The van der Waals surface area contributed by atoms with E-state index < -0.39 is 11.8 Å². The van der Waals surface area contributed by atoms with E-state index in [1.165, 1.54) is 15.5 Å². The van der Waals surface area contributed by atoms with Crippen LogP contribution in [0.5, 0.6) is 11.5 Å². The molecule has 3 aromatic carbocycles. The summed E-state index contributed by atoms with van der Waals surface area (Å²) >= 11 is 6.53. The molecule has 13 nitrogen and oxygen atoms in total. The molecule has 0 unspecified atom stereocenters. The van der Waals surface area contributed by atoms with E-state index in [2.05, 4.69) is 37.2 Å². The van der Waals surface area contributed by atoms with E-state index in [-0.39, 0.29) is 47.8 Å². The Morgan fingerprint density at radius 3 is 2.47 bits per heavy atom. The molecule has 6 rings (SSSR count). The van der Waals surface area contributed by atoms with Gasteiger partial charge in [-0.25, -0.2) is 4.68 Å². The van der Waals surface area contributed by atoms with Gasteiger partial charge in [0.05, 0.1) is 39.3 Å². The van der Waals surface area contributed by atoms with Crippen LogP contribution >= 0.6 is 11.6 Å². The smallest absolute Gasteiger partial charge is 0.274 e. The summed E-state index contributed by atoms with van der Waals surface area (Å²) in [5.41, 5.74) is 2.77. The van der Waals surface area contributed by atoms with Crippen LogP contribution in [-0.4, -0.2) is 48.6 Å². The molecule has 1 aliphatic heterocycles. The van der Waals surface area contributed by atoms with Crippen molar-refractivity contribution in [2.24, 2.45) is 0 Å². The van der Waals surface area contributed by atoms with Crippen LogP contribution in [0.4, 0.5) is 5.69 Å². The van der Waals surface area contributed by atoms with Gasteiger partial charge in [-0.1, -0.05) is 64.4 Å². The number of hydrogen-bond donors (Lipinski definition) is 2. The zero-order chi connectivity index (χ0) is 35.3. The molecular formula is C35H36ClN9O4. The molecule has 0 aliphatic carbocycles. The van der Waals surface area contributed by atoms with Gasteiger partial charge < -0.3 is 20.1 Å². The third-order valence-electron chi connectivity index (χ3n) is 7.34. The van der Waals surface area contributed by atoms with Crippen LogP contribution in [0.15, 0.2) is 60.7 Å². The highest BCUT2D eigenvalue weighted by atomic mass is 35.5. The van der Waals surface area contributed by atoms with E-state index in [1.807, 2.05) is 40.7 Å². The Bertz CT molecular complexity index is 2060. The highest BCUT2D eigenvalue weighted by Crippen LogP contribution is 2.33. The Morgan fingerprint density at radius 2 is 1.76 bits per heavy atom. The molecule has 0 atom stereocenters. The standard InChI is InChI=1S/C33H30ClN9O4.C2H6/c1-19-11-21(15-35)12-23(30(44)36-16-20-9-10-27-28(13-20)47-18-46-27)29(19)37-31(45)26-14-22(17-42-40-32(38-41-42)33(2,3)4)39-43(26)25-8-6-5-7-24(25)34;1-2/h5-14H,16-18H2,1-4H3,(H,36,44)(H,37,45);1-2H3. The number of rotatable bonds is 8. The zero-order valence-corrected chi connectivity index (χ0v) is 28.8. The van der Waals surface area contributed by atoms with Crippen LogP contribution in [0.25, 0.3) is 5.69 Å². The van der Waals surface area contributed by atoms with E-state index in [0.717, 1.165) is 5.56 Å². The highest BCUT2D eigenvalue weighted by Gasteiger charge is 2.24. The van der Waals surface area contributed by atoms with E-state index in [1.54, 1.807) is 55.5 Å². The van der Waals surface area contributed by atoms with Crippen LogP contribution in [-0.2, 0) is 18.5 Å². The number of amides is 2. The molecule has 0 bridgehead atoms. The van der Waals surface area contributed by atoms with Crippen LogP contribution in [0.2, 0.25) is 5.02 Å². The lowest BCUT2D eigenvalue weighted by Crippen LogP contribution is -2.26. The van der Waals surface area contributed by atoms with E-state index in [9.17, 15) is 14.9 Å². The summed E-state index contributed by atoms with van der Waals surface area (Å²) in [5, 5.41) is 33.2. The Morgan fingerprint density at radius 1 is 1.00 bits per heavy atom. The molecule has 0 radical (unpaired) electrons. The van der Waals surface area contributed by atoms with Crippen molar-refractivity contribution < 1.29 is 19.1 Å². The summed E-state index contributed by atoms with van der Waals surface area (Å²) in [6.45, 7) is 12.1. The van der Waals surface area contributed by atoms with Gasteiger partial charge in [0.15, 0.2) is 17.3 Å². The maximum atomic E-state index is 14.0. The summed E-state index contributed by atoms with van der Waals surface area (Å²) in [6, 6.07) is 19.1. The quantitative estimate of drug-likeness (QED) is 0.201. The number of nitriles is 1. The second-order valence-corrected chi connectivity index (χ2v) is 12.3. The first-order chi connectivity index (χ1) is 23.5. The van der Waals surface area contributed by atoms with Crippen LogP contribution in [0, 0.1) is 18.3 Å². The molecule has 0 saturated heterocycles. The summed E-state index contributed by atoms with van der Waals surface area (Å²) in [4.78, 5) is 29.0. The monoisotopic (exact) mass is 681 g/mol. The van der Waals surface area contributed by atoms with Gasteiger partial charge in [0.2, 0.25) is 6.79 Å². The van der Waals surface area contributed by atoms with Crippen molar-refractivity contribution in [3.05, 3.63) is 105 Å². The number of ether oxygens (including phenoxy) is 2. The summed E-state index contributed by atoms with van der Waals surface area (Å²) in [6.07, 6.45) is 0. The van der Waals surface area contributed by atoms with Crippen molar-refractivity contribution in [2.45, 2.75) is 60.0 Å². The second-order valence-electron chi connectivity index (χ2n) is 11.9. The fourth-order valence-corrected chi connectivity index (χ4v) is 5.15. The number of halogens is 1. The summed E-state index contributed by atoms with van der Waals surface area (Å²) in [5.74, 6) is 0.764. The maximum absolute atomic E-state index is 14.0. The predicted octanol–water partition coefficient (Wildman–Crippen LogP) is 5.98. The van der Waals surface area contributed by atoms with Gasteiger partial charge in [0.25, 0.3) is 11.8 Å². The average molecular weight is 682 g/mol. The number of carbonyl (C=O) groups excluding carboxylic acids is 2. The first-order valence-electron chi connectivity index (χ1n) is 15.6. The molecule has 49 heavy (non-hydrogen) atoms. The van der Waals surface area contributed by atoms with E-state index in [4.69, 9.17) is 21.1 Å². The lowest BCUT2D eigenvalue weighted by atomic mass is 9.96. The van der Waals surface area contributed by atoms with Gasteiger partial charge in [-0.2, -0.15) is 15.2 Å². The minimum absolute atomic E-state index is 0.126. The number of tetrazole rings is 1. The van der Waals surface area contributed by atoms with Crippen molar-refractivity contribution in [1.82, 2.24) is 35.3 Å². The van der Waals surface area contributed by atoms with Crippen molar-refractivity contribution in [1.29, 1.82) is 5.26 Å². The van der Waals surface area contributed by atoms with E-state index in [0.29, 0.717) is 39.3 Å². The number of aromatic nitrogens is 6. The van der Waals surface area contributed by atoms with Gasteiger partial charge >= 0.3 is 0 Å². The molecule has 2 amide bonds. The van der Waals surface area contributed by atoms with E-state index >= 15 is 0 Å². The number of hydrogen-bond acceptors (Lipinski definition) is 9. The number of aryl methyl sites for hydroxylation is 1. The Labute approximate surface area is 288 Å². The molecular weight excluding hydrogens is 646 g/mol. The highest BCUT2D eigenvalue weighted by molar-refractivity contribution is 6.32. The molecule has 3 heterocycles. The Hall–Kier alpha value is -5.74. The van der Waals surface area contributed by atoms with Crippen LogP contribution in [0.1, 0.15) is 83.7 Å². The molecule has 0 spiro atoms. The van der Waals surface area contributed by atoms with Crippen LogP contribution < -0.4 is 20.1 Å². The summed E-state index contributed by atoms with van der Waals surface area (Å²) < 4.78 is 12.2. The number of nitrogens with one attached hydrogen (secondary N) is 2. The molecule has 1 aliphatic rings. The van der Waals surface area contributed by atoms with Gasteiger partial charge in [-0.15, -0.1) is 10.2 Å². The van der Waals surface area contributed by atoms with Crippen molar-refractivity contribution in [2.75, 3.05) is 12.1 Å². The molecule has 0 fully saturated rings. The normalized spacial score (nSPS) is 11.7. The maximum Gasteiger partial charge on any atom is 0.274 e. The number of fused-ring (bicyclic) bond motifs is 1. The van der Waals surface area contributed by atoms with Gasteiger partial charge in [0, 0.05) is 12.0 Å². The first-order valence-corrected chi connectivity index (χ1v) is 16.0. The molecule has 5 aromatic rings. The number of nitrogens with zero attached hydrogens (tertiary/aromatic N) is 7. The van der Waals surface area contributed by atoms with Gasteiger partial charge in [0.1, 0.15) is 12.2 Å². The lowest BCUT2D eigenvalue weighted by Gasteiger charge is -2.16. The fraction of sp³-hybridized carbons (Fsp3) is 0.286. The van der Waals surface area contributed by atoms with Crippen molar-refractivity contribution in [3.8, 4) is 23.3 Å². The number of benzene rings is 3. The Balaban J connectivity index is 0.00000230. The third kappa shape index (κ3) is 7.71. The zero-order valence-electron chi connectivity index (χ0n) is 28.0. The molecule has 14 heteroatoms. The topological polar surface area (TPSA) is 162 Å². The minimum atomic E-state index is -0.553. The summed E-state index contributed by atoms with van der Waals surface area (Å²) in [7, 11) is 0. The largest absolute Gasteiger partial charge is 0.454 e. The Kier molecular flexibility index (Phi) is 10.3. The SMILES string of the molecule is CC.Cc1cc(C#N)cc(C(=O)NCc2ccc3c(c2)OCO3)c1NC(=O)c1cc(Cn2nnc(C(C)(C)C)n2)nn1-c1ccccc1Cl. The molecule has 0 saturated carbocycles. The van der Waals surface area contributed by atoms with Crippen LogP contribution in [0.3, 0.4) is 0 Å². The third-order valence-corrected chi connectivity index (χ3v) is 7.66. The number of carbonyl (C=O) groups is 2. The fourth-order valence-electron chi connectivity index (χ4n) is 4.93. The number of anilines is 1. The second kappa shape index (κ2) is 14.6. The first kappa shape index (κ1) is 34.6. The van der Waals surface area contributed by atoms with Gasteiger partial charge in [-0.3, -0.25) is 9.59 Å². The van der Waals surface area contributed by atoms with Crippen molar-refractivity contribution >= 4 is 29.1 Å². The number of para-hydroxylation sites is 1. The molecule has 2 aromatic heterocycles. The van der Waals surface area contributed by atoms with Crippen molar-refractivity contribution in [3.63, 3.8) is 0 Å². The lowest BCUT2D eigenvalue weighted by molar-refractivity contribution is 0.0951. The predicted molar refractivity (Wildman–Crippen MR) is 183 cm³/mol. The minimum Gasteiger partial charge on any atom is -0.454 e. The average Bonchev–Trinajstić information content (AvgIpc) is 3.86. The van der Waals surface area contributed by atoms with Gasteiger partial charge in [-0.05, 0) is 65.7 Å². The molecule has 252 valence electrons.